The van der Waals surface area contributed by atoms with Crippen LogP contribution in [0, 0.1) is 5.82 Å². The molecule has 1 unspecified atom stereocenters. The lowest BCUT2D eigenvalue weighted by molar-refractivity contribution is -0.171. The van der Waals surface area contributed by atoms with Gasteiger partial charge >= 0.3 is 0 Å². The van der Waals surface area contributed by atoms with Crippen molar-refractivity contribution in [3.8, 4) is 0 Å². The number of amides is 1. The van der Waals surface area contributed by atoms with Crippen LogP contribution in [0.5, 0.6) is 0 Å². The number of halogens is 1. The van der Waals surface area contributed by atoms with Gasteiger partial charge in [0, 0.05) is 17.7 Å². The maximum Gasteiger partial charge on any atom is 0.247 e. The molecular formula is C25H30FN3O3. The molecule has 1 spiro atoms. The van der Waals surface area contributed by atoms with Crippen molar-refractivity contribution in [2.24, 2.45) is 0 Å². The molecule has 2 N–H and O–H groups in total. The molecular weight excluding hydrogens is 409 g/mol. The van der Waals surface area contributed by atoms with E-state index in [-0.39, 0.29) is 17.9 Å². The number of anilines is 1. The van der Waals surface area contributed by atoms with Gasteiger partial charge in [-0.15, -0.1) is 0 Å². The highest BCUT2D eigenvalue weighted by Crippen LogP contribution is 2.40. The van der Waals surface area contributed by atoms with Crippen molar-refractivity contribution in [3.63, 3.8) is 0 Å². The van der Waals surface area contributed by atoms with E-state index in [1.54, 1.807) is 12.1 Å². The molecule has 6 nitrogen and oxygen atoms in total. The molecule has 32 heavy (non-hydrogen) atoms. The van der Waals surface area contributed by atoms with Crippen LogP contribution in [0.3, 0.4) is 0 Å². The SMILES string of the molecule is O=C1NC(CCCC2(c3ccc(F)cc3)OCCO2)N(c2ccccc2)C12CCNCC2. The topological polar surface area (TPSA) is 62.8 Å². The van der Waals surface area contributed by atoms with E-state index < -0.39 is 11.3 Å². The summed E-state index contributed by atoms with van der Waals surface area (Å²) in [4.78, 5) is 15.5. The quantitative estimate of drug-likeness (QED) is 0.723. The minimum absolute atomic E-state index is 0.0883. The molecule has 3 aliphatic rings. The molecule has 1 atom stereocenters. The van der Waals surface area contributed by atoms with Gasteiger partial charge in [-0.2, -0.15) is 0 Å². The fourth-order valence-corrected chi connectivity index (χ4v) is 5.43. The fourth-order valence-electron chi connectivity index (χ4n) is 5.43. The van der Waals surface area contributed by atoms with Gasteiger partial charge in [-0.05, 0) is 63.0 Å². The van der Waals surface area contributed by atoms with Gasteiger partial charge < -0.3 is 25.0 Å². The van der Waals surface area contributed by atoms with Gasteiger partial charge in [-0.1, -0.05) is 30.3 Å². The van der Waals surface area contributed by atoms with Crippen LogP contribution in [-0.4, -0.2) is 43.9 Å². The molecule has 0 saturated carbocycles. The lowest BCUT2D eigenvalue weighted by atomic mass is 9.86. The molecule has 5 rings (SSSR count). The van der Waals surface area contributed by atoms with E-state index in [1.165, 1.54) is 12.1 Å². The first kappa shape index (κ1) is 21.4. The fraction of sp³-hybridized carbons (Fsp3) is 0.480. The van der Waals surface area contributed by atoms with Gasteiger partial charge in [-0.3, -0.25) is 4.79 Å². The highest BCUT2D eigenvalue weighted by molar-refractivity contribution is 5.94. The Bertz CT molecular complexity index is 925. The number of hydrogen-bond donors (Lipinski definition) is 2. The molecule has 0 radical (unpaired) electrons. The number of rotatable bonds is 6. The second kappa shape index (κ2) is 8.81. The minimum Gasteiger partial charge on any atom is -0.343 e. The standard InChI is InChI=1S/C25H30FN3O3/c26-20-10-8-19(9-11-20)25(31-17-18-32-25)12-4-7-22-28-23(30)24(13-15-27-16-14-24)29(22)21-5-2-1-3-6-21/h1-3,5-6,8-11,22,27H,4,7,12-18H2,(H,28,30). The van der Waals surface area contributed by atoms with Crippen LogP contribution in [0.2, 0.25) is 0 Å². The second-order valence-corrected chi connectivity index (χ2v) is 8.83. The Hall–Kier alpha value is -2.48. The van der Waals surface area contributed by atoms with Crippen LogP contribution in [0.25, 0.3) is 0 Å². The van der Waals surface area contributed by atoms with E-state index in [2.05, 4.69) is 27.7 Å². The summed E-state index contributed by atoms with van der Waals surface area (Å²) in [5, 5.41) is 6.66. The first-order valence-corrected chi connectivity index (χ1v) is 11.5. The molecule has 3 fully saturated rings. The zero-order valence-corrected chi connectivity index (χ0v) is 18.2. The smallest absolute Gasteiger partial charge is 0.247 e. The molecule has 3 heterocycles. The molecule has 2 aromatic carbocycles. The number of piperidine rings is 1. The van der Waals surface area contributed by atoms with Crippen LogP contribution < -0.4 is 15.5 Å². The zero-order chi connectivity index (χ0) is 22.0. The average molecular weight is 440 g/mol. The van der Waals surface area contributed by atoms with Crippen LogP contribution >= 0.6 is 0 Å². The molecule has 3 aliphatic heterocycles. The number of carbonyl (C=O) groups excluding carboxylic acids is 1. The second-order valence-electron chi connectivity index (χ2n) is 8.83. The van der Waals surface area contributed by atoms with Crippen molar-refractivity contribution < 1.29 is 18.7 Å². The number of carbonyl (C=O) groups is 1. The monoisotopic (exact) mass is 439 g/mol. The predicted octanol–water partition coefficient (Wildman–Crippen LogP) is 3.28. The number of benzene rings is 2. The first-order valence-electron chi connectivity index (χ1n) is 11.5. The molecule has 2 aromatic rings. The van der Waals surface area contributed by atoms with E-state index in [0.29, 0.717) is 19.6 Å². The third kappa shape index (κ3) is 3.78. The van der Waals surface area contributed by atoms with Crippen molar-refractivity contribution >= 4 is 11.6 Å². The summed E-state index contributed by atoms with van der Waals surface area (Å²) in [5.74, 6) is -1.00. The summed E-state index contributed by atoms with van der Waals surface area (Å²) in [6.45, 7) is 2.70. The van der Waals surface area contributed by atoms with Gasteiger partial charge in [0.1, 0.15) is 17.5 Å². The van der Waals surface area contributed by atoms with E-state index in [4.69, 9.17) is 9.47 Å². The number of nitrogens with one attached hydrogen (secondary N) is 2. The van der Waals surface area contributed by atoms with Gasteiger partial charge in [0.2, 0.25) is 5.91 Å². The van der Waals surface area contributed by atoms with E-state index in [9.17, 15) is 9.18 Å². The first-order chi connectivity index (χ1) is 15.6. The van der Waals surface area contributed by atoms with Crippen molar-refractivity contribution in [1.82, 2.24) is 10.6 Å². The van der Waals surface area contributed by atoms with Crippen molar-refractivity contribution in [3.05, 3.63) is 66.0 Å². The van der Waals surface area contributed by atoms with E-state index in [0.717, 1.165) is 50.0 Å². The Morgan fingerprint density at radius 1 is 1.00 bits per heavy atom. The number of ether oxygens (including phenoxy) is 2. The van der Waals surface area contributed by atoms with E-state index in [1.807, 2.05) is 18.2 Å². The molecule has 0 bridgehead atoms. The molecule has 7 heteroatoms. The summed E-state index contributed by atoms with van der Waals surface area (Å²) in [6.07, 6.45) is 3.69. The predicted molar refractivity (Wildman–Crippen MR) is 120 cm³/mol. The summed E-state index contributed by atoms with van der Waals surface area (Å²) in [7, 11) is 0. The maximum absolute atomic E-state index is 13.4. The van der Waals surface area contributed by atoms with Crippen LogP contribution in [0.1, 0.15) is 37.7 Å². The van der Waals surface area contributed by atoms with Crippen molar-refractivity contribution in [1.29, 1.82) is 0 Å². The van der Waals surface area contributed by atoms with Gasteiger partial charge in [0.25, 0.3) is 0 Å². The molecule has 1 amide bonds. The molecule has 0 aromatic heterocycles. The summed E-state index contributed by atoms with van der Waals surface area (Å²) in [5.41, 5.74) is 1.40. The maximum atomic E-state index is 13.4. The summed E-state index contributed by atoms with van der Waals surface area (Å²) < 4.78 is 25.5. The Kier molecular flexibility index (Phi) is 5.88. The number of nitrogens with zero attached hydrogens (tertiary/aromatic N) is 1. The largest absolute Gasteiger partial charge is 0.343 e. The van der Waals surface area contributed by atoms with Gasteiger partial charge in [0.15, 0.2) is 5.79 Å². The third-order valence-electron chi connectivity index (χ3n) is 6.98. The van der Waals surface area contributed by atoms with Crippen molar-refractivity contribution in [2.75, 3.05) is 31.2 Å². The third-order valence-corrected chi connectivity index (χ3v) is 6.98. The zero-order valence-electron chi connectivity index (χ0n) is 18.2. The molecule has 0 aliphatic carbocycles. The highest BCUT2D eigenvalue weighted by atomic mass is 19.1. The van der Waals surface area contributed by atoms with Crippen LogP contribution in [0.15, 0.2) is 54.6 Å². The van der Waals surface area contributed by atoms with Gasteiger partial charge in [-0.25, -0.2) is 4.39 Å². The molecule has 170 valence electrons. The van der Waals surface area contributed by atoms with Crippen LogP contribution in [-0.2, 0) is 20.1 Å². The summed E-state index contributed by atoms with van der Waals surface area (Å²) in [6, 6.07) is 16.6. The van der Waals surface area contributed by atoms with Gasteiger partial charge in [0.05, 0.1) is 13.2 Å². The van der Waals surface area contributed by atoms with E-state index >= 15 is 0 Å². The lowest BCUT2D eigenvalue weighted by Crippen LogP contribution is -2.56. The Balaban J connectivity index is 1.35. The normalized spacial score (nSPS) is 24.1. The Morgan fingerprint density at radius 3 is 2.38 bits per heavy atom. The Labute approximate surface area is 188 Å². The molecule has 3 saturated heterocycles. The lowest BCUT2D eigenvalue weighted by Gasteiger charge is -2.42. The Morgan fingerprint density at radius 2 is 1.69 bits per heavy atom. The van der Waals surface area contributed by atoms with Crippen LogP contribution in [0.4, 0.5) is 10.1 Å². The number of para-hydroxylation sites is 1. The average Bonchev–Trinajstić information content (AvgIpc) is 3.40. The minimum atomic E-state index is -0.847. The number of hydrogen-bond acceptors (Lipinski definition) is 5. The highest BCUT2D eigenvalue weighted by Gasteiger charge is 2.53. The summed E-state index contributed by atoms with van der Waals surface area (Å²) >= 11 is 0. The van der Waals surface area contributed by atoms with Crippen molar-refractivity contribution in [2.45, 2.75) is 49.6 Å².